The number of carboxylic acid groups (broad SMARTS) is 1. The molecule has 0 unspecified atom stereocenters. The lowest BCUT2D eigenvalue weighted by Crippen LogP contribution is -2.47. The molecule has 8 heteroatoms. The molecule has 1 aromatic rings. The van der Waals surface area contributed by atoms with Gasteiger partial charge in [-0.25, -0.2) is 0 Å². The minimum Gasteiger partial charge on any atom is -0.507 e. The normalized spacial score (nSPS) is 21.1. The van der Waals surface area contributed by atoms with Crippen molar-refractivity contribution in [3.05, 3.63) is 29.3 Å². The van der Waals surface area contributed by atoms with Crippen molar-refractivity contribution < 1.29 is 33.0 Å². The van der Waals surface area contributed by atoms with Gasteiger partial charge in [-0.05, 0) is 31.0 Å². The average Bonchev–Trinajstić information content (AvgIpc) is 2.34. The third-order valence-corrected chi connectivity index (χ3v) is 3.89. The highest BCUT2D eigenvalue weighted by Crippen LogP contribution is 2.35. The Labute approximate surface area is 124 Å². The summed E-state index contributed by atoms with van der Waals surface area (Å²) in [7, 11) is 1.43. The van der Waals surface area contributed by atoms with Crippen LogP contribution in [-0.4, -0.2) is 40.1 Å². The lowest BCUT2D eigenvalue weighted by Gasteiger charge is -2.39. The quantitative estimate of drug-likeness (QED) is 0.897. The van der Waals surface area contributed by atoms with E-state index in [0.717, 1.165) is 12.1 Å². The predicted molar refractivity (Wildman–Crippen MR) is 69.4 cm³/mol. The topological polar surface area (TPSA) is 77.8 Å². The maximum Gasteiger partial charge on any atom is 0.416 e. The number of rotatable bonds is 3. The van der Waals surface area contributed by atoms with Gasteiger partial charge in [0.25, 0.3) is 5.91 Å². The van der Waals surface area contributed by atoms with Crippen molar-refractivity contribution in [2.24, 2.45) is 5.92 Å². The van der Waals surface area contributed by atoms with Crippen molar-refractivity contribution >= 4 is 11.9 Å². The molecule has 1 saturated carbocycles. The maximum absolute atomic E-state index is 12.5. The van der Waals surface area contributed by atoms with Gasteiger partial charge in [0.15, 0.2) is 0 Å². The number of carbonyl (C=O) groups excluding carboxylic acids is 1. The van der Waals surface area contributed by atoms with Gasteiger partial charge in [-0.15, -0.1) is 0 Å². The summed E-state index contributed by atoms with van der Waals surface area (Å²) in [5.41, 5.74) is -1.28. The molecule has 120 valence electrons. The minimum absolute atomic E-state index is 0.241. The fraction of sp³-hybridized carbons (Fsp3) is 0.429. The zero-order chi connectivity index (χ0) is 16.7. The number of benzene rings is 1. The van der Waals surface area contributed by atoms with E-state index in [0.29, 0.717) is 18.9 Å². The van der Waals surface area contributed by atoms with Crippen molar-refractivity contribution in [1.82, 2.24) is 4.90 Å². The largest absolute Gasteiger partial charge is 0.507 e. The first-order chi connectivity index (χ1) is 10.1. The number of carbonyl (C=O) groups is 2. The second kappa shape index (κ2) is 5.51. The molecule has 0 aliphatic heterocycles. The van der Waals surface area contributed by atoms with E-state index in [1.54, 1.807) is 0 Å². The third-order valence-electron chi connectivity index (χ3n) is 3.89. The van der Waals surface area contributed by atoms with E-state index in [2.05, 4.69) is 0 Å². The number of aromatic hydroxyl groups is 1. The number of phenols is 1. The Morgan fingerprint density at radius 2 is 1.86 bits per heavy atom. The zero-order valence-corrected chi connectivity index (χ0v) is 11.6. The number of hydrogen-bond acceptors (Lipinski definition) is 3. The highest BCUT2D eigenvalue weighted by molar-refractivity contribution is 5.97. The van der Waals surface area contributed by atoms with E-state index in [4.69, 9.17) is 5.11 Å². The predicted octanol–water partition coefficient (Wildman–Crippen LogP) is 2.35. The molecular weight excluding hydrogens is 303 g/mol. The fourth-order valence-electron chi connectivity index (χ4n) is 2.35. The van der Waals surface area contributed by atoms with Crippen LogP contribution in [-0.2, 0) is 11.0 Å². The van der Waals surface area contributed by atoms with Crippen molar-refractivity contribution in [2.75, 3.05) is 7.05 Å². The van der Waals surface area contributed by atoms with Gasteiger partial charge in [0.05, 0.1) is 17.0 Å². The second-order valence-corrected chi connectivity index (χ2v) is 5.31. The molecule has 1 fully saturated rings. The molecule has 5 nitrogen and oxygen atoms in total. The van der Waals surface area contributed by atoms with Crippen LogP contribution in [0.2, 0.25) is 0 Å². The van der Waals surface area contributed by atoms with Gasteiger partial charge in [-0.2, -0.15) is 13.2 Å². The average molecular weight is 317 g/mol. The molecule has 1 amide bonds. The van der Waals surface area contributed by atoms with Crippen molar-refractivity contribution in [2.45, 2.75) is 25.1 Å². The molecule has 22 heavy (non-hydrogen) atoms. The summed E-state index contributed by atoms with van der Waals surface area (Å²) in [6, 6.07) is 1.85. The molecule has 0 heterocycles. The van der Waals surface area contributed by atoms with E-state index in [9.17, 15) is 27.9 Å². The summed E-state index contributed by atoms with van der Waals surface area (Å²) in [4.78, 5) is 24.2. The molecule has 0 aromatic heterocycles. The van der Waals surface area contributed by atoms with Crippen LogP contribution in [0.25, 0.3) is 0 Å². The van der Waals surface area contributed by atoms with Gasteiger partial charge >= 0.3 is 12.1 Å². The Bertz CT molecular complexity index is 609. The van der Waals surface area contributed by atoms with Gasteiger partial charge in [-0.1, -0.05) is 0 Å². The van der Waals surface area contributed by atoms with Crippen molar-refractivity contribution in [3.8, 4) is 5.75 Å². The van der Waals surface area contributed by atoms with Gasteiger partial charge in [0, 0.05) is 13.1 Å². The first-order valence-corrected chi connectivity index (χ1v) is 6.51. The van der Waals surface area contributed by atoms with Gasteiger partial charge < -0.3 is 15.1 Å². The molecule has 1 aliphatic rings. The van der Waals surface area contributed by atoms with Crippen LogP contribution in [0.4, 0.5) is 13.2 Å². The number of amides is 1. The summed E-state index contributed by atoms with van der Waals surface area (Å²) < 4.78 is 37.5. The Hall–Kier alpha value is -2.25. The van der Waals surface area contributed by atoms with Gasteiger partial charge in [0.2, 0.25) is 0 Å². The van der Waals surface area contributed by atoms with Crippen LogP contribution >= 0.6 is 0 Å². The smallest absolute Gasteiger partial charge is 0.416 e. The SMILES string of the molecule is CN(C(=O)c1ccc(C(F)(F)F)cc1O)C1CC(C(=O)O)C1. The van der Waals surface area contributed by atoms with E-state index in [1.165, 1.54) is 11.9 Å². The first kappa shape index (κ1) is 16.1. The zero-order valence-electron chi connectivity index (χ0n) is 11.6. The van der Waals surface area contributed by atoms with Crippen LogP contribution in [0.5, 0.6) is 5.75 Å². The summed E-state index contributed by atoms with van der Waals surface area (Å²) in [6.07, 6.45) is -4.02. The number of carboxylic acids is 1. The summed E-state index contributed by atoms with van der Waals surface area (Å²) in [5, 5.41) is 18.4. The first-order valence-electron chi connectivity index (χ1n) is 6.51. The van der Waals surface area contributed by atoms with Crippen LogP contribution in [0.15, 0.2) is 18.2 Å². The molecular formula is C14H14F3NO4. The lowest BCUT2D eigenvalue weighted by atomic mass is 9.79. The van der Waals surface area contributed by atoms with Crippen LogP contribution < -0.4 is 0 Å². The molecule has 1 aliphatic carbocycles. The highest BCUT2D eigenvalue weighted by Gasteiger charge is 2.39. The Kier molecular flexibility index (Phi) is 4.04. The van der Waals surface area contributed by atoms with Crippen molar-refractivity contribution in [1.29, 1.82) is 0 Å². The van der Waals surface area contributed by atoms with Gasteiger partial charge in [-0.3, -0.25) is 9.59 Å². The number of hydrogen-bond donors (Lipinski definition) is 2. The number of halogens is 3. The minimum atomic E-state index is -4.60. The van der Waals surface area contributed by atoms with Crippen LogP contribution in [0.1, 0.15) is 28.8 Å². The van der Waals surface area contributed by atoms with Crippen LogP contribution in [0, 0.1) is 5.92 Å². The molecule has 0 saturated heterocycles. The van der Waals surface area contributed by atoms with Crippen molar-refractivity contribution in [3.63, 3.8) is 0 Å². The third kappa shape index (κ3) is 3.00. The number of aliphatic carboxylic acids is 1. The van der Waals surface area contributed by atoms with E-state index in [1.807, 2.05) is 0 Å². The molecule has 0 spiro atoms. The Morgan fingerprint density at radius 3 is 2.32 bits per heavy atom. The molecule has 0 radical (unpaired) electrons. The van der Waals surface area contributed by atoms with Gasteiger partial charge in [0.1, 0.15) is 5.75 Å². The number of alkyl halides is 3. The Balaban J connectivity index is 2.12. The standard InChI is InChI=1S/C14H14F3NO4/c1-18(9-4-7(5-9)13(21)22)12(20)10-3-2-8(6-11(10)19)14(15,16)17/h2-3,6-7,9,19H,4-5H2,1H3,(H,21,22). The lowest BCUT2D eigenvalue weighted by molar-refractivity contribution is -0.146. The van der Waals surface area contributed by atoms with E-state index >= 15 is 0 Å². The fourth-order valence-corrected chi connectivity index (χ4v) is 2.35. The number of phenolic OH excluding ortho intramolecular Hbond substituents is 1. The summed E-state index contributed by atoms with van der Waals surface area (Å²) >= 11 is 0. The maximum atomic E-state index is 12.5. The second-order valence-electron chi connectivity index (χ2n) is 5.31. The summed E-state index contributed by atoms with van der Waals surface area (Å²) in [5.74, 6) is -2.84. The molecule has 0 atom stereocenters. The monoisotopic (exact) mass is 317 g/mol. The number of nitrogens with zero attached hydrogens (tertiary/aromatic N) is 1. The van der Waals surface area contributed by atoms with Crippen LogP contribution in [0.3, 0.4) is 0 Å². The molecule has 0 bridgehead atoms. The molecule has 1 aromatic carbocycles. The highest BCUT2D eigenvalue weighted by atomic mass is 19.4. The molecule has 2 N–H and O–H groups in total. The van der Waals surface area contributed by atoms with E-state index < -0.39 is 35.3 Å². The summed E-state index contributed by atoms with van der Waals surface area (Å²) in [6.45, 7) is 0. The van der Waals surface area contributed by atoms with E-state index in [-0.39, 0.29) is 11.6 Å². The Morgan fingerprint density at radius 1 is 1.27 bits per heavy atom. The molecule has 2 rings (SSSR count).